The van der Waals surface area contributed by atoms with Crippen molar-refractivity contribution in [2.24, 2.45) is 5.41 Å². The second-order valence-corrected chi connectivity index (χ2v) is 7.64. The predicted octanol–water partition coefficient (Wildman–Crippen LogP) is 2.58. The van der Waals surface area contributed by atoms with Gasteiger partial charge in [-0.05, 0) is 23.3 Å². The monoisotopic (exact) mass is 333 g/mol. The second kappa shape index (κ2) is 6.09. The highest BCUT2D eigenvalue weighted by Crippen LogP contribution is 2.65. The molecule has 0 unspecified atom stereocenters. The summed E-state index contributed by atoms with van der Waals surface area (Å²) in [5.41, 5.74) is 0.631. The van der Waals surface area contributed by atoms with Crippen LogP contribution in [-0.2, 0) is 28.0 Å². The molecule has 1 fully saturated rings. The zero-order valence-corrected chi connectivity index (χ0v) is 14.7. The SMILES string of the molecule is COCCn1cncc1CNC(=O)[C@]1(c2cccs2)CC1(C)C. The zero-order chi connectivity index (χ0) is 16.5. The third kappa shape index (κ3) is 2.81. The number of carbonyl (C=O) groups is 1. The van der Waals surface area contributed by atoms with Crippen LogP contribution in [0, 0.1) is 5.41 Å². The van der Waals surface area contributed by atoms with E-state index in [0.717, 1.165) is 23.5 Å². The molecule has 1 saturated carbocycles. The summed E-state index contributed by atoms with van der Waals surface area (Å²) in [7, 11) is 1.68. The Morgan fingerprint density at radius 3 is 2.91 bits per heavy atom. The molecular formula is C17H23N3O2S. The van der Waals surface area contributed by atoms with E-state index in [2.05, 4.69) is 30.2 Å². The van der Waals surface area contributed by atoms with Gasteiger partial charge in [-0.3, -0.25) is 4.79 Å². The molecule has 0 saturated heterocycles. The van der Waals surface area contributed by atoms with E-state index in [1.165, 1.54) is 0 Å². The van der Waals surface area contributed by atoms with Gasteiger partial charge in [0, 0.05) is 24.7 Å². The van der Waals surface area contributed by atoms with Crippen molar-refractivity contribution in [3.05, 3.63) is 40.6 Å². The highest BCUT2D eigenvalue weighted by atomic mass is 32.1. The van der Waals surface area contributed by atoms with Crippen LogP contribution in [0.4, 0.5) is 0 Å². The number of hydrogen-bond acceptors (Lipinski definition) is 4. The van der Waals surface area contributed by atoms with Crippen LogP contribution in [0.2, 0.25) is 0 Å². The number of hydrogen-bond donors (Lipinski definition) is 1. The number of ether oxygens (including phenoxy) is 1. The first kappa shape index (κ1) is 16.2. The summed E-state index contributed by atoms with van der Waals surface area (Å²) in [4.78, 5) is 18.2. The quantitative estimate of drug-likeness (QED) is 0.847. The molecule has 0 aromatic carbocycles. The van der Waals surface area contributed by atoms with E-state index in [1.54, 1.807) is 31.0 Å². The van der Waals surface area contributed by atoms with E-state index in [-0.39, 0.29) is 16.7 Å². The highest BCUT2D eigenvalue weighted by molar-refractivity contribution is 7.10. The molecule has 6 heteroatoms. The Bertz CT molecular complexity index is 678. The number of rotatable bonds is 7. The maximum absolute atomic E-state index is 12.9. The first-order valence-electron chi connectivity index (χ1n) is 7.81. The van der Waals surface area contributed by atoms with Crippen LogP contribution in [0.5, 0.6) is 0 Å². The fraction of sp³-hybridized carbons (Fsp3) is 0.529. The van der Waals surface area contributed by atoms with E-state index in [0.29, 0.717) is 13.2 Å². The van der Waals surface area contributed by atoms with E-state index in [4.69, 9.17) is 4.74 Å². The van der Waals surface area contributed by atoms with E-state index >= 15 is 0 Å². The number of aromatic nitrogens is 2. The summed E-state index contributed by atoms with van der Waals surface area (Å²) in [6.07, 6.45) is 4.47. The van der Waals surface area contributed by atoms with Gasteiger partial charge in [-0.25, -0.2) is 4.98 Å². The molecule has 1 aliphatic rings. The van der Waals surface area contributed by atoms with Gasteiger partial charge in [0.15, 0.2) is 0 Å². The third-order valence-electron chi connectivity index (χ3n) is 4.83. The molecule has 0 radical (unpaired) electrons. The maximum atomic E-state index is 12.9. The molecular weight excluding hydrogens is 310 g/mol. The number of carbonyl (C=O) groups excluding carboxylic acids is 1. The van der Waals surface area contributed by atoms with Crippen molar-refractivity contribution < 1.29 is 9.53 Å². The molecule has 2 aromatic heterocycles. The number of methoxy groups -OCH3 is 1. The lowest BCUT2D eigenvalue weighted by molar-refractivity contribution is -0.124. The fourth-order valence-corrected chi connectivity index (χ4v) is 4.37. The average molecular weight is 333 g/mol. The van der Waals surface area contributed by atoms with E-state index in [1.807, 2.05) is 16.0 Å². The second-order valence-electron chi connectivity index (χ2n) is 6.70. The number of amides is 1. The number of nitrogens with zero attached hydrogens (tertiary/aromatic N) is 2. The van der Waals surface area contributed by atoms with Gasteiger partial charge in [0.05, 0.1) is 30.6 Å². The summed E-state index contributed by atoms with van der Waals surface area (Å²) < 4.78 is 7.12. The normalized spacial score (nSPS) is 22.0. The van der Waals surface area contributed by atoms with Crippen molar-refractivity contribution in [3.63, 3.8) is 0 Å². The lowest BCUT2D eigenvalue weighted by atomic mass is 9.93. The van der Waals surface area contributed by atoms with Gasteiger partial charge in [0.25, 0.3) is 0 Å². The van der Waals surface area contributed by atoms with Crippen LogP contribution in [0.25, 0.3) is 0 Å². The molecule has 1 N–H and O–H groups in total. The highest BCUT2D eigenvalue weighted by Gasteiger charge is 2.67. The Morgan fingerprint density at radius 2 is 2.30 bits per heavy atom. The smallest absolute Gasteiger partial charge is 0.232 e. The van der Waals surface area contributed by atoms with E-state index in [9.17, 15) is 4.79 Å². The van der Waals surface area contributed by atoms with Gasteiger partial charge in [-0.15, -0.1) is 11.3 Å². The Hall–Kier alpha value is -1.66. The molecule has 3 rings (SSSR count). The van der Waals surface area contributed by atoms with Crippen LogP contribution in [0.3, 0.4) is 0 Å². The fourth-order valence-electron chi connectivity index (χ4n) is 3.27. The summed E-state index contributed by atoms with van der Waals surface area (Å²) >= 11 is 1.67. The van der Waals surface area contributed by atoms with E-state index < -0.39 is 0 Å². The molecule has 2 aromatic rings. The minimum atomic E-state index is -0.376. The van der Waals surface area contributed by atoms with Crippen LogP contribution in [0.15, 0.2) is 30.0 Å². The zero-order valence-electron chi connectivity index (χ0n) is 13.8. The minimum Gasteiger partial charge on any atom is -0.383 e. The van der Waals surface area contributed by atoms with Gasteiger partial charge >= 0.3 is 0 Å². The van der Waals surface area contributed by atoms with Crippen LogP contribution < -0.4 is 5.32 Å². The average Bonchev–Trinajstić information content (AvgIpc) is 2.99. The molecule has 2 heterocycles. The van der Waals surface area contributed by atoms with Crippen molar-refractivity contribution in [1.82, 2.24) is 14.9 Å². The molecule has 0 spiro atoms. The van der Waals surface area contributed by atoms with Gasteiger partial charge in [0.1, 0.15) is 0 Å². The summed E-state index contributed by atoms with van der Waals surface area (Å²) in [5.74, 6) is 0.115. The Morgan fingerprint density at radius 1 is 1.52 bits per heavy atom. The molecule has 124 valence electrons. The topological polar surface area (TPSA) is 56.1 Å². The lowest BCUT2D eigenvalue weighted by Gasteiger charge is -2.19. The van der Waals surface area contributed by atoms with Crippen LogP contribution in [-0.4, -0.2) is 29.2 Å². The Kier molecular flexibility index (Phi) is 4.29. The van der Waals surface area contributed by atoms with Gasteiger partial charge in [-0.1, -0.05) is 19.9 Å². The summed E-state index contributed by atoms with van der Waals surface area (Å²) in [6, 6.07) is 4.09. The summed E-state index contributed by atoms with van der Waals surface area (Å²) in [5, 5.41) is 5.15. The lowest BCUT2D eigenvalue weighted by Crippen LogP contribution is -2.37. The third-order valence-corrected chi connectivity index (χ3v) is 5.86. The number of nitrogens with one attached hydrogen (secondary N) is 1. The standard InChI is InChI=1S/C17H23N3O2S/c1-16(2)11-17(16,14-5-4-8-23-14)15(21)19-10-13-9-18-12-20(13)6-7-22-3/h4-5,8-9,12H,6-7,10-11H2,1-3H3,(H,19,21)/t17-/m1/s1. The minimum absolute atomic E-state index is 0.0121. The molecule has 5 nitrogen and oxygen atoms in total. The van der Waals surface area contributed by atoms with Crippen molar-refractivity contribution in [2.45, 2.75) is 38.8 Å². The number of imidazole rings is 1. The number of thiophene rings is 1. The van der Waals surface area contributed by atoms with Crippen LogP contribution in [0.1, 0.15) is 30.8 Å². The largest absolute Gasteiger partial charge is 0.383 e. The Labute approximate surface area is 140 Å². The first-order valence-corrected chi connectivity index (χ1v) is 8.69. The maximum Gasteiger partial charge on any atom is 0.232 e. The molecule has 0 aliphatic heterocycles. The molecule has 0 bridgehead atoms. The van der Waals surface area contributed by atoms with Crippen molar-refractivity contribution >= 4 is 17.2 Å². The predicted molar refractivity (Wildman–Crippen MR) is 90.3 cm³/mol. The van der Waals surface area contributed by atoms with Gasteiger partial charge in [-0.2, -0.15) is 0 Å². The van der Waals surface area contributed by atoms with Crippen LogP contribution >= 0.6 is 11.3 Å². The van der Waals surface area contributed by atoms with Gasteiger partial charge in [0.2, 0.25) is 5.91 Å². The summed E-state index contributed by atoms with van der Waals surface area (Å²) in [6.45, 7) is 6.18. The van der Waals surface area contributed by atoms with Crippen molar-refractivity contribution in [2.75, 3.05) is 13.7 Å². The van der Waals surface area contributed by atoms with Gasteiger partial charge < -0.3 is 14.6 Å². The molecule has 1 aliphatic carbocycles. The van der Waals surface area contributed by atoms with Crippen molar-refractivity contribution in [1.29, 1.82) is 0 Å². The molecule has 1 atom stereocenters. The van der Waals surface area contributed by atoms with Crippen molar-refractivity contribution in [3.8, 4) is 0 Å². The first-order chi connectivity index (χ1) is 11.0. The molecule has 1 amide bonds. The molecule has 23 heavy (non-hydrogen) atoms. The Balaban J connectivity index is 1.69.